The van der Waals surface area contributed by atoms with Gasteiger partial charge in [0.15, 0.2) is 0 Å². The van der Waals surface area contributed by atoms with Crippen LogP contribution in [0, 0.1) is 17.0 Å². The largest absolute Gasteiger partial charge is 0.368 e. The second-order valence-corrected chi connectivity index (χ2v) is 5.02. The van der Waals surface area contributed by atoms with E-state index in [0.717, 1.165) is 10.0 Å². The highest BCUT2D eigenvalue weighted by Gasteiger charge is 2.21. The first-order chi connectivity index (χ1) is 9.47. The summed E-state index contributed by atoms with van der Waals surface area (Å²) in [5.74, 6) is 0.134. The first kappa shape index (κ1) is 14.2. The minimum atomic E-state index is -0.515. The summed E-state index contributed by atoms with van der Waals surface area (Å²) in [6.07, 6.45) is 0. The molecule has 0 aliphatic carbocycles. The van der Waals surface area contributed by atoms with E-state index in [1.165, 1.54) is 6.92 Å². The molecule has 0 saturated heterocycles. The van der Waals surface area contributed by atoms with Crippen molar-refractivity contribution in [2.24, 2.45) is 0 Å². The van der Waals surface area contributed by atoms with Crippen molar-refractivity contribution in [3.8, 4) is 0 Å². The van der Waals surface area contributed by atoms with Gasteiger partial charge in [-0.2, -0.15) is 4.98 Å². The highest BCUT2D eigenvalue weighted by molar-refractivity contribution is 9.10. The van der Waals surface area contributed by atoms with Crippen LogP contribution in [-0.4, -0.2) is 14.9 Å². The van der Waals surface area contributed by atoms with E-state index in [4.69, 9.17) is 5.73 Å². The van der Waals surface area contributed by atoms with Crippen molar-refractivity contribution in [2.75, 3.05) is 11.1 Å². The number of hydrogen-bond donors (Lipinski definition) is 2. The Bertz CT molecular complexity index is 645. The van der Waals surface area contributed by atoms with Crippen LogP contribution in [0.4, 0.5) is 17.5 Å². The van der Waals surface area contributed by atoms with Crippen molar-refractivity contribution in [2.45, 2.75) is 13.5 Å². The molecule has 0 atom stereocenters. The Morgan fingerprint density at radius 3 is 2.60 bits per heavy atom. The van der Waals surface area contributed by atoms with Gasteiger partial charge in [0, 0.05) is 11.0 Å². The molecule has 0 saturated carbocycles. The molecule has 0 aliphatic heterocycles. The average Bonchev–Trinajstić information content (AvgIpc) is 2.36. The molecule has 0 amide bonds. The molecule has 0 bridgehead atoms. The minimum Gasteiger partial charge on any atom is -0.368 e. The van der Waals surface area contributed by atoms with Gasteiger partial charge < -0.3 is 11.1 Å². The highest BCUT2D eigenvalue weighted by Crippen LogP contribution is 2.26. The number of nitrogens with two attached hydrogens (primary N) is 1. The van der Waals surface area contributed by atoms with E-state index in [1.54, 1.807) is 0 Å². The SMILES string of the molecule is Cc1nc(N)nc(NCc2ccc(Br)cc2)c1[N+](=O)[O-]. The van der Waals surface area contributed by atoms with Crippen LogP contribution in [0.5, 0.6) is 0 Å². The fraction of sp³-hybridized carbons (Fsp3) is 0.167. The van der Waals surface area contributed by atoms with Gasteiger partial charge in [0.1, 0.15) is 5.69 Å². The maximum atomic E-state index is 11.0. The Hall–Kier alpha value is -2.22. The predicted octanol–water partition coefficient (Wildman–Crippen LogP) is 2.65. The van der Waals surface area contributed by atoms with Crippen molar-refractivity contribution < 1.29 is 4.92 Å². The molecule has 0 spiro atoms. The molecule has 7 nitrogen and oxygen atoms in total. The second kappa shape index (κ2) is 5.83. The van der Waals surface area contributed by atoms with Gasteiger partial charge in [0.25, 0.3) is 0 Å². The number of benzene rings is 1. The summed E-state index contributed by atoms with van der Waals surface area (Å²) in [6.45, 7) is 1.94. The van der Waals surface area contributed by atoms with E-state index in [9.17, 15) is 10.1 Å². The van der Waals surface area contributed by atoms with Crippen LogP contribution in [0.15, 0.2) is 28.7 Å². The Labute approximate surface area is 123 Å². The van der Waals surface area contributed by atoms with E-state index in [1.807, 2.05) is 24.3 Å². The van der Waals surface area contributed by atoms with E-state index in [2.05, 4.69) is 31.2 Å². The van der Waals surface area contributed by atoms with E-state index < -0.39 is 4.92 Å². The Morgan fingerprint density at radius 2 is 2.00 bits per heavy atom. The molecule has 3 N–H and O–H groups in total. The third-order valence-corrected chi connectivity index (χ3v) is 3.16. The lowest BCUT2D eigenvalue weighted by Gasteiger charge is -2.08. The van der Waals surface area contributed by atoms with Crippen LogP contribution in [0.1, 0.15) is 11.3 Å². The number of nitrogen functional groups attached to an aromatic ring is 1. The van der Waals surface area contributed by atoms with Crippen LogP contribution in [0.2, 0.25) is 0 Å². The zero-order valence-corrected chi connectivity index (χ0v) is 12.2. The summed E-state index contributed by atoms with van der Waals surface area (Å²) in [5, 5.41) is 14.0. The Balaban J connectivity index is 2.24. The Morgan fingerprint density at radius 1 is 1.35 bits per heavy atom. The fourth-order valence-corrected chi connectivity index (χ4v) is 1.98. The van der Waals surface area contributed by atoms with Crippen LogP contribution < -0.4 is 11.1 Å². The molecule has 2 rings (SSSR count). The van der Waals surface area contributed by atoms with E-state index >= 15 is 0 Å². The molecule has 104 valence electrons. The van der Waals surface area contributed by atoms with Crippen molar-refractivity contribution in [1.82, 2.24) is 9.97 Å². The lowest BCUT2D eigenvalue weighted by atomic mass is 10.2. The third-order valence-electron chi connectivity index (χ3n) is 2.63. The molecule has 8 heteroatoms. The minimum absolute atomic E-state index is 0.00593. The molecule has 1 heterocycles. The zero-order chi connectivity index (χ0) is 14.7. The summed E-state index contributed by atoms with van der Waals surface area (Å²) < 4.78 is 0.967. The number of anilines is 2. The van der Waals surface area contributed by atoms with Gasteiger partial charge in [-0.3, -0.25) is 10.1 Å². The fourth-order valence-electron chi connectivity index (χ4n) is 1.72. The second-order valence-electron chi connectivity index (χ2n) is 4.10. The number of aryl methyl sites for hydroxylation is 1. The number of rotatable bonds is 4. The van der Waals surface area contributed by atoms with Crippen molar-refractivity contribution in [1.29, 1.82) is 0 Å². The molecule has 20 heavy (non-hydrogen) atoms. The standard InChI is InChI=1S/C12H12BrN5O2/c1-7-10(18(19)20)11(17-12(14)16-7)15-6-8-2-4-9(13)5-3-8/h2-5H,6H2,1H3,(H3,14,15,16,17). The van der Waals surface area contributed by atoms with Crippen LogP contribution >= 0.6 is 15.9 Å². The number of nitrogens with one attached hydrogen (secondary N) is 1. The molecule has 0 fully saturated rings. The normalized spacial score (nSPS) is 10.3. The molecular formula is C12H12BrN5O2. The van der Waals surface area contributed by atoms with E-state index in [-0.39, 0.29) is 23.1 Å². The van der Waals surface area contributed by atoms with Gasteiger partial charge in [0.05, 0.1) is 4.92 Å². The predicted molar refractivity (Wildman–Crippen MR) is 79.3 cm³/mol. The molecule has 2 aromatic rings. The molecule has 1 aromatic heterocycles. The smallest absolute Gasteiger partial charge is 0.332 e. The molecule has 0 unspecified atom stereocenters. The molecule has 1 aromatic carbocycles. The van der Waals surface area contributed by atoms with Gasteiger partial charge in [-0.1, -0.05) is 28.1 Å². The van der Waals surface area contributed by atoms with Crippen LogP contribution in [0.3, 0.4) is 0 Å². The number of hydrogen-bond acceptors (Lipinski definition) is 6. The summed E-state index contributed by atoms with van der Waals surface area (Å²) in [4.78, 5) is 18.2. The first-order valence-corrected chi connectivity index (χ1v) is 6.53. The molecular weight excluding hydrogens is 326 g/mol. The first-order valence-electron chi connectivity index (χ1n) is 5.74. The van der Waals surface area contributed by atoms with Gasteiger partial charge >= 0.3 is 5.69 Å². The number of halogens is 1. The summed E-state index contributed by atoms with van der Waals surface area (Å²) >= 11 is 3.34. The zero-order valence-electron chi connectivity index (χ0n) is 10.6. The molecule has 0 aliphatic rings. The topological polar surface area (TPSA) is 107 Å². The van der Waals surface area contributed by atoms with Crippen molar-refractivity contribution in [3.63, 3.8) is 0 Å². The van der Waals surface area contributed by atoms with Gasteiger partial charge in [-0.05, 0) is 24.6 Å². The van der Waals surface area contributed by atoms with Crippen LogP contribution in [-0.2, 0) is 6.54 Å². The Kier molecular flexibility index (Phi) is 4.14. The number of aromatic nitrogens is 2. The average molecular weight is 338 g/mol. The lowest BCUT2D eigenvalue weighted by Crippen LogP contribution is -2.09. The van der Waals surface area contributed by atoms with Crippen molar-refractivity contribution >= 4 is 33.4 Å². The lowest BCUT2D eigenvalue weighted by molar-refractivity contribution is -0.385. The summed E-state index contributed by atoms with van der Waals surface area (Å²) in [5.41, 5.74) is 6.58. The number of nitrogens with zero attached hydrogens (tertiary/aromatic N) is 3. The van der Waals surface area contributed by atoms with Crippen molar-refractivity contribution in [3.05, 3.63) is 50.1 Å². The van der Waals surface area contributed by atoms with Gasteiger partial charge in [-0.15, -0.1) is 0 Å². The number of nitro groups is 1. The molecule has 0 radical (unpaired) electrons. The van der Waals surface area contributed by atoms with Gasteiger partial charge in [-0.25, -0.2) is 4.98 Å². The quantitative estimate of drug-likeness (QED) is 0.656. The summed E-state index contributed by atoms with van der Waals surface area (Å²) in [6, 6.07) is 7.59. The highest BCUT2D eigenvalue weighted by atomic mass is 79.9. The maximum absolute atomic E-state index is 11.0. The van der Waals surface area contributed by atoms with Gasteiger partial charge in [0.2, 0.25) is 11.8 Å². The monoisotopic (exact) mass is 337 g/mol. The maximum Gasteiger partial charge on any atom is 0.332 e. The van der Waals surface area contributed by atoms with Crippen LogP contribution in [0.25, 0.3) is 0 Å². The summed E-state index contributed by atoms with van der Waals surface area (Å²) in [7, 11) is 0. The van der Waals surface area contributed by atoms with E-state index in [0.29, 0.717) is 6.54 Å². The third kappa shape index (κ3) is 3.21.